The van der Waals surface area contributed by atoms with E-state index in [1.807, 2.05) is 42.9 Å². The third kappa shape index (κ3) is 3.07. The smallest absolute Gasteiger partial charge is 0.163 e. The molecule has 4 heteroatoms. The highest BCUT2D eigenvalue weighted by Gasteiger charge is 2.10. The highest BCUT2D eigenvalue weighted by molar-refractivity contribution is 5.97. The lowest BCUT2D eigenvalue weighted by molar-refractivity contribution is 0.101. The molecule has 0 aliphatic carbocycles. The number of benzene rings is 1. The predicted octanol–water partition coefficient (Wildman–Crippen LogP) is 3.07. The number of carbonyl (C=O) groups is 1. The fraction of sp³-hybridized carbons (Fsp3) is 0.375. The molecule has 0 unspecified atom stereocenters. The van der Waals surface area contributed by atoms with E-state index >= 15 is 0 Å². The molecular formula is C16H20N2O2. The van der Waals surface area contributed by atoms with Crippen molar-refractivity contribution in [2.45, 2.75) is 33.8 Å². The van der Waals surface area contributed by atoms with Gasteiger partial charge in [-0.15, -0.1) is 0 Å². The average molecular weight is 272 g/mol. The van der Waals surface area contributed by atoms with Crippen LogP contribution in [0.2, 0.25) is 0 Å². The van der Waals surface area contributed by atoms with Gasteiger partial charge in [-0.05, 0) is 38.5 Å². The van der Waals surface area contributed by atoms with E-state index in [2.05, 4.69) is 12.0 Å². The zero-order chi connectivity index (χ0) is 14.7. The molecule has 1 heterocycles. The van der Waals surface area contributed by atoms with Gasteiger partial charge in [-0.25, -0.2) is 0 Å². The van der Waals surface area contributed by atoms with Gasteiger partial charge in [0, 0.05) is 7.05 Å². The van der Waals surface area contributed by atoms with Crippen molar-refractivity contribution in [1.29, 1.82) is 0 Å². The summed E-state index contributed by atoms with van der Waals surface area (Å²) in [6, 6.07) is 7.69. The first-order valence-electron chi connectivity index (χ1n) is 6.77. The van der Waals surface area contributed by atoms with Crippen molar-refractivity contribution in [1.82, 2.24) is 9.78 Å². The molecule has 0 saturated carbocycles. The molecule has 1 aromatic carbocycles. The molecule has 0 saturated heterocycles. The van der Waals surface area contributed by atoms with Crippen molar-refractivity contribution in [2.24, 2.45) is 7.05 Å². The number of rotatable bonds is 5. The van der Waals surface area contributed by atoms with Crippen LogP contribution in [0, 0.1) is 6.92 Å². The Kier molecular flexibility index (Phi) is 4.23. The van der Waals surface area contributed by atoms with Crippen LogP contribution in [0.4, 0.5) is 0 Å². The third-order valence-corrected chi connectivity index (χ3v) is 3.28. The normalized spacial score (nSPS) is 10.6. The highest BCUT2D eigenvalue weighted by Crippen LogP contribution is 2.22. The zero-order valence-electron chi connectivity index (χ0n) is 12.4. The lowest BCUT2D eigenvalue weighted by Crippen LogP contribution is -2.05. The Morgan fingerprint density at radius 3 is 2.70 bits per heavy atom. The minimum absolute atomic E-state index is 0.0166. The number of carbonyl (C=O) groups excluding carboxylic acids is 1. The van der Waals surface area contributed by atoms with Gasteiger partial charge in [0.15, 0.2) is 5.78 Å². The first-order valence-corrected chi connectivity index (χ1v) is 6.77. The summed E-state index contributed by atoms with van der Waals surface area (Å²) in [4.78, 5) is 11.6. The van der Waals surface area contributed by atoms with Gasteiger partial charge in [0.05, 0.1) is 17.0 Å². The molecule has 20 heavy (non-hydrogen) atoms. The Morgan fingerprint density at radius 1 is 1.35 bits per heavy atom. The summed E-state index contributed by atoms with van der Waals surface area (Å²) in [5, 5.41) is 4.38. The van der Waals surface area contributed by atoms with Crippen molar-refractivity contribution in [3.63, 3.8) is 0 Å². The minimum Gasteiger partial charge on any atom is -0.487 e. The van der Waals surface area contributed by atoms with E-state index in [9.17, 15) is 4.79 Å². The first-order chi connectivity index (χ1) is 9.51. The monoisotopic (exact) mass is 272 g/mol. The van der Waals surface area contributed by atoms with E-state index in [0.717, 1.165) is 23.4 Å². The van der Waals surface area contributed by atoms with E-state index in [4.69, 9.17) is 4.74 Å². The van der Waals surface area contributed by atoms with Crippen LogP contribution in [0.1, 0.15) is 41.2 Å². The van der Waals surface area contributed by atoms with Crippen LogP contribution in [0.3, 0.4) is 0 Å². The summed E-state index contributed by atoms with van der Waals surface area (Å²) in [7, 11) is 1.90. The number of nitrogens with zero attached hydrogens (tertiary/aromatic N) is 2. The summed E-state index contributed by atoms with van der Waals surface area (Å²) in [6.45, 7) is 6.00. The highest BCUT2D eigenvalue weighted by atomic mass is 16.5. The molecule has 1 aromatic heterocycles. The van der Waals surface area contributed by atoms with Crippen LogP contribution in [-0.4, -0.2) is 15.6 Å². The number of ketones is 1. The summed E-state index contributed by atoms with van der Waals surface area (Å²) < 4.78 is 7.62. The van der Waals surface area contributed by atoms with E-state index in [1.165, 1.54) is 0 Å². The largest absolute Gasteiger partial charge is 0.487 e. The molecule has 0 bridgehead atoms. The Balaban J connectivity index is 2.18. The second kappa shape index (κ2) is 5.90. The lowest BCUT2D eigenvalue weighted by Gasteiger charge is -2.10. The molecule has 106 valence electrons. The maximum absolute atomic E-state index is 11.6. The number of ether oxygens (including phenoxy) is 1. The molecule has 2 rings (SSSR count). The van der Waals surface area contributed by atoms with Gasteiger partial charge in [0.25, 0.3) is 0 Å². The topological polar surface area (TPSA) is 44.1 Å². The van der Waals surface area contributed by atoms with E-state index in [0.29, 0.717) is 17.9 Å². The number of Topliss-reactive ketones (excluding diaryl/α,β-unsaturated/α-hetero) is 1. The maximum atomic E-state index is 11.6. The lowest BCUT2D eigenvalue weighted by atomic mass is 10.1. The average Bonchev–Trinajstić information content (AvgIpc) is 2.78. The summed E-state index contributed by atoms with van der Waals surface area (Å²) in [6.07, 6.45) is 0.900. The van der Waals surface area contributed by atoms with Gasteiger partial charge in [-0.2, -0.15) is 5.10 Å². The predicted molar refractivity (Wildman–Crippen MR) is 78.1 cm³/mol. The first kappa shape index (κ1) is 14.3. The molecule has 0 fully saturated rings. The molecule has 0 spiro atoms. The van der Waals surface area contributed by atoms with Crippen LogP contribution in [-0.2, 0) is 20.1 Å². The summed E-state index contributed by atoms with van der Waals surface area (Å²) in [5.41, 5.74) is 3.72. The molecule has 0 atom stereocenters. The molecule has 0 radical (unpaired) electrons. The van der Waals surface area contributed by atoms with Crippen LogP contribution in [0.25, 0.3) is 0 Å². The van der Waals surface area contributed by atoms with Crippen molar-refractivity contribution < 1.29 is 9.53 Å². The quantitative estimate of drug-likeness (QED) is 0.786. The van der Waals surface area contributed by atoms with Gasteiger partial charge >= 0.3 is 0 Å². The van der Waals surface area contributed by atoms with Crippen molar-refractivity contribution in [3.8, 4) is 5.75 Å². The van der Waals surface area contributed by atoms with Crippen molar-refractivity contribution in [3.05, 3.63) is 46.8 Å². The summed E-state index contributed by atoms with van der Waals surface area (Å²) in [5.74, 6) is 0.644. The number of aromatic nitrogens is 2. The molecule has 2 aromatic rings. The fourth-order valence-electron chi connectivity index (χ4n) is 2.08. The minimum atomic E-state index is 0.0166. The van der Waals surface area contributed by atoms with Gasteiger partial charge in [-0.1, -0.05) is 18.6 Å². The Labute approximate surface area is 119 Å². The van der Waals surface area contributed by atoms with Crippen LogP contribution in [0.5, 0.6) is 5.75 Å². The second-order valence-electron chi connectivity index (χ2n) is 4.95. The SMILES string of the molecule is CCc1cc(COc2ccc(C)cc2C(C)=O)n(C)n1. The second-order valence-corrected chi connectivity index (χ2v) is 4.95. The Hall–Kier alpha value is -2.10. The molecular weight excluding hydrogens is 252 g/mol. The van der Waals surface area contributed by atoms with Crippen LogP contribution in [0.15, 0.2) is 24.3 Å². The van der Waals surface area contributed by atoms with E-state index < -0.39 is 0 Å². The summed E-state index contributed by atoms with van der Waals surface area (Å²) >= 11 is 0. The van der Waals surface area contributed by atoms with Gasteiger partial charge < -0.3 is 4.74 Å². The fourth-order valence-corrected chi connectivity index (χ4v) is 2.08. The molecule has 0 amide bonds. The number of aryl methyl sites for hydroxylation is 3. The Bertz CT molecular complexity index is 629. The molecule has 0 aliphatic rings. The van der Waals surface area contributed by atoms with Crippen molar-refractivity contribution >= 4 is 5.78 Å². The molecule has 0 aliphatic heterocycles. The molecule has 0 N–H and O–H groups in total. The zero-order valence-corrected chi connectivity index (χ0v) is 12.4. The van der Waals surface area contributed by atoms with Crippen LogP contribution >= 0.6 is 0 Å². The standard InChI is InChI=1S/C16H20N2O2/c1-5-13-9-14(18(4)17-13)10-20-16-7-6-11(2)8-15(16)12(3)19/h6-9H,5,10H2,1-4H3. The van der Waals surface area contributed by atoms with E-state index in [-0.39, 0.29) is 5.78 Å². The maximum Gasteiger partial charge on any atom is 0.163 e. The third-order valence-electron chi connectivity index (χ3n) is 3.28. The Morgan fingerprint density at radius 2 is 2.10 bits per heavy atom. The number of hydrogen-bond acceptors (Lipinski definition) is 3. The van der Waals surface area contributed by atoms with Crippen LogP contribution < -0.4 is 4.74 Å². The van der Waals surface area contributed by atoms with Gasteiger partial charge in [0.2, 0.25) is 0 Å². The van der Waals surface area contributed by atoms with Gasteiger partial charge in [0.1, 0.15) is 12.4 Å². The van der Waals surface area contributed by atoms with Crippen molar-refractivity contribution in [2.75, 3.05) is 0 Å². The van der Waals surface area contributed by atoms with E-state index in [1.54, 1.807) is 6.92 Å². The number of hydrogen-bond donors (Lipinski definition) is 0. The molecule has 4 nitrogen and oxygen atoms in total. The van der Waals surface area contributed by atoms with Gasteiger partial charge in [-0.3, -0.25) is 9.48 Å².